The van der Waals surface area contributed by atoms with Crippen LogP contribution < -0.4 is 0 Å². The minimum atomic E-state index is -0.874. The van der Waals surface area contributed by atoms with Crippen LogP contribution in [0, 0.1) is 10.8 Å². The molecule has 0 aliphatic carbocycles. The van der Waals surface area contributed by atoms with Gasteiger partial charge < -0.3 is 9.99 Å². The molecule has 1 atom stereocenters. The molecule has 0 bridgehead atoms. The lowest BCUT2D eigenvalue weighted by Crippen LogP contribution is -2.36. The fraction of sp³-hybridized carbons (Fsp3) is 0.900. The number of aliphatic hydroxyl groups is 1. The molecule has 0 spiro atoms. The summed E-state index contributed by atoms with van der Waals surface area (Å²) in [5, 5.41) is 18.0. The summed E-state index contributed by atoms with van der Waals surface area (Å²) in [6, 6.07) is 0. The summed E-state index contributed by atoms with van der Waals surface area (Å²) >= 11 is 0. The third kappa shape index (κ3) is 3.64. The van der Waals surface area contributed by atoms with E-state index in [1.807, 2.05) is 20.8 Å². The van der Waals surface area contributed by atoms with Crippen molar-refractivity contribution in [3.05, 3.63) is 0 Å². The minimum absolute atomic E-state index is 0.260. The Morgan fingerprint density at radius 1 is 1.29 bits per heavy atom. The molecule has 84 valence electrons. The van der Waals surface area contributed by atoms with Crippen LogP contribution in [0.3, 0.4) is 0 Å². The van der Waals surface area contributed by atoms with Gasteiger partial charge in [-0.15, -0.1) is 0 Å². The lowest BCUT2D eigenvalue weighted by atomic mass is 9.78. The molecule has 0 radical (unpaired) electrons. The van der Waals surface area contributed by atoms with Crippen molar-refractivity contribution in [3.63, 3.8) is 0 Å². The van der Waals surface area contributed by atoms with Gasteiger partial charge in [0.25, 0.3) is 0 Å². The van der Waals surface area contributed by atoms with Gasteiger partial charge in [0.2, 0.25) is 0 Å². The van der Waals surface area contributed by atoms with E-state index in [1.165, 1.54) is 0 Å². The van der Waals surface area contributed by atoms with Gasteiger partial charge in [0.05, 0.1) is 11.5 Å². The zero-order chi connectivity index (χ0) is 11.6. The van der Waals surface area contributed by atoms with E-state index in [-0.39, 0.29) is 11.8 Å². The first kappa shape index (κ1) is 13.4. The summed E-state index contributed by atoms with van der Waals surface area (Å²) in [6.45, 7) is 8.91. The molecule has 0 amide bonds. The molecule has 1 unspecified atom stereocenters. The van der Waals surface area contributed by atoms with Crippen LogP contribution in [0.4, 0.5) is 0 Å². The highest BCUT2D eigenvalue weighted by Crippen LogP contribution is 2.31. The molecule has 0 aromatic heterocycles. The minimum Gasteiger partial charge on any atom is -0.393 e. The van der Waals surface area contributed by atoms with Crippen LogP contribution >= 0.6 is 0 Å². The second kappa shape index (κ2) is 4.28. The highest BCUT2D eigenvalue weighted by atomic mass is 17.1. The van der Waals surface area contributed by atoms with E-state index in [0.29, 0.717) is 0 Å². The van der Waals surface area contributed by atoms with Gasteiger partial charge in [-0.3, -0.25) is 0 Å². The van der Waals surface area contributed by atoms with E-state index in [2.05, 4.69) is 4.89 Å². The first-order chi connectivity index (χ1) is 6.11. The van der Waals surface area contributed by atoms with Gasteiger partial charge in [0.1, 0.15) is 0 Å². The summed E-state index contributed by atoms with van der Waals surface area (Å²) in [6.07, 6.45) is -0.354. The Labute approximate surface area is 84.8 Å². The number of hydrogen-bond acceptors (Lipinski definition) is 4. The molecule has 0 aliphatic heterocycles. The SMILES string of the molecule is CC(C)(CC(O)C(C)(C)C)C(=O)OO. The highest BCUT2D eigenvalue weighted by molar-refractivity contribution is 5.75. The van der Waals surface area contributed by atoms with Crippen LogP contribution in [0.1, 0.15) is 41.0 Å². The molecule has 0 heterocycles. The fourth-order valence-electron chi connectivity index (χ4n) is 0.996. The third-order valence-electron chi connectivity index (χ3n) is 2.34. The molecule has 0 aliphatic rings. The largest absolute Gasteiger partial charge is 0.393 e. The van der Waals surface area contributed by atoms with Gasteiger partial charge in [-0.2, -0.15) is 5.26 Å². The van der Waals surface area contributed by atoms with E-state index in [4.69, 9.17) is 5.26 Å². The van der Waals surface area contributed by atoms with E-state index in [0.717, 1.165) is 0 Å². The van der Waals surface area contributed by atoms with Crippen LogP contribution in [0.2, 0.25) is 0 Å². The van der Waals surface area contributed by atoms with E-state index in [9.17, 15) is 9.90 Å². The topological polar surface area (TPSA) is 66.8 Å². The van der Waals surface area contributed by atoms with E-state index >= 15 is 0 Å². The quantitative estimate of drug-likeness (QED) is 0.543. The summed E-state index contributed by atoms with van der Waals surface area (Å²) < 4.78 is 0. The van der Waals surface area contributed by atoms with Crippen molar-refractivity contribution in [2.45, 2.75) is 47.1 Å². The Morgan fingerprint density at radius 2 is 1.71 bits per heavy atom. The standard InChI is InChI=1S/C10H20O4/c1-9(2,3)7(11)6-10(4,5)8(12)14-13/h7,11,13H,6H2,1-5H3. The maximum Gasteiger partial charge on any atom is 0.347 e. The van der Waals surface area contributed by atoms with Crippen LogP contribution in [0.25, 0.3) is 0 Å². The second-order valence-corrected chi connectivity index (χ2v) is 5.35. The molecular formula is C10H20O4. The molecular weight excluding hydrogens is 184 g/mol. The Kier molecular flexibility index (Phi) is 4.09. The van der Waals surface area contributed by atoms with Gasteiger partial charge in [-0.05, 0) is 25.7 Å². The fourth-order valence-corrected chi connectivity index (χ4v) is 0.996. The molecule has 0 saturated carbocycles. The van der Waals surface area contributed by atoms with Crippen LogP contribution in [0.15, 0.2) is 0 Å². The van der Waals surface area contributed by atoms with Crippen molar-refractivity contribution >= 4 is 5.97 Å². The lowest BCUT2D eigenvalue weighted by molar-refractivity contribution is -0.245. The van der Waals surface area contributed by atoms with Crippen molar-refractivity contribution in [1.82, 2.24) is 0 Å². The zero-order valence-corrected chi connectivity index (χ0v) is 9.50. The first-order valence-corrected chi connectivity index (χ1v) is 4.65. The van der Waals surface area contributed by atoms with Crippen molar-refractivity contribution in [3.8, 4) is 0 Å². The van der Waals surface area contributed by atoms with Gasteiger partial charge in [-0.1, -0.05) is 20.8 Å². The summed E-state index contributed by atoms with van der Waals surface area (Å²) in [5.74, 6) is -0.721. The molecule has 0 aromatic carbocycles. The Hall–Kier alpha value is -0.610. The summed E-state index contributed by atoms with van der Waals surface area (Å²) in [7, 11) is 0. The Bertz CT molecular complexity index is 203. The van der Waals surface area contributed by atoms with E-state index in [1.54, 1.807) is 13.8 Å². The number of rotatable bonds is 3. The highest BCUT2D eigenvalue weighted by Gasteiger charge is 2.36. The maximum atomic E-state index is 11.1. The molecule has 4 nitrogen and oxygen atoms in total. The average Bonchev–Trinajstić information content (AvgIpc) is 2.00. The van der Waals surface area contributed by atoms with Crippen molar-refractivity contribution in [1.29, 1.82) is 0 Å². The van der Waals surface area contributed by atoms with Crippen LogP contribution in [0.5, 0.6) is 0 Å². The van der Waals surface area contributed by atoms with E-state index < -0.39 is 17.5 Å². The predicted octanol–water partition coefficient (Wildman–Crippen LogP) is 1.83. The maximum absolute atomic E-state index is 11.1. The van der Waals surface area contributed by atoms with Crippen LogP contribution in [-0.2, 0) is 9.68 Å². The summed E-state index contributed by atoms with van der Waals surface area (Å²) in [5.41, 5.74) is -1.16. The molecule has 0 rings (SSSR count). The van der Waals surface area contributed by atoms with Gasteiger partial charge in [-0.25, -0.2) is 4.79 Å². The molecule has 0 fully saturated rings. The summed E-state index contributed by atoms with van der Waals surface area (Å²) in [4.78, 5) is 14.8. The number of aliphatic hydroxyl groups excluding tert-OH is 1. The molecule has 2 N–H and O–H groups in total. The van der Waals surface area contributed by atoms with Gasteiger partial charge >= 0.3 is 5.97 Å². The number of carbonyl (C=O) groups excluding carboxylic acids is 1. The molecule has 0 aromatic rings. The third-order valence-corrected chi connectivity index (χ3v) is 2.34. The number of hydrogen-bond donors (Lipinski definition) is 2. The average molecular weight is 204 g/mol. The first-order valence-electron chi connectivity index (χ1n) is 4.65. The smallest absolute Gasteiger partial charge is 0.347 e. The van der Waals surface area contributed by atoms with Crippen molar-refractivity contribution in [2.24, 2.45) is 10.8 Å². The number of carbonyl (C=O) groups is 1. The zero-order valence-electron chi connectivity index (χ0n) is 9.50. The van der Waals surface area contributed by atoms with Gasteiger partial charge in [0, 0.05) is 0 Å². The van der Waals surface area contributed by atoms with Crippen LogP contribution in [-0.4, -0.2) is 22.4 Å². The molecule has 14 heavy (non-hydrogen) atoms. The monoisotopic (exact) mass is 204 g/mol. The lowest BCUT2D eigenvalue weighted by Gasteiger charge is -2.31. The molecule has 0 saturated heterocycles. The Morgan fingerprint density at radius 3 is 2.00 bits per heavy atom. The van der Waals surface area contributed by atoms with Gasteiger partial charge in [0.15, 0.2) is 0 Å². The Balaban J connectivity index is 4.44. The van der Waals surface area contributed by atoms with Crippen molar-refractivity contribution < 1.29 is 20.0 Å². The normalized spacial score (nSPS) is 15.1. The molecule has 4 heteroatoms. The predicted molar refractivity (Wildman–Crippen MR) is 52.6 cm³/mol. The second-order valence-electron chi connectivity index (χ2n) is 5.35. The van der Waals surface area contributed by atoms with Crippen molar-refractivity contribution in [2.75, 3.05) is 0 Å².